The van der Waals surface area contributed by atoms with Crippen LogP contribution in [0.25, 0.3) is 0 Å². The first kappa shape index (κ1) is 11.1. The zero-order valence-electron chi connectivity index (χ0n) is 9.30. The molecule has 0 bridgehead atoms. The first-order chi connectivity index (χ1) is 6.61. The molecule has 2 saturated heterocycles. The molecule has 1 spiro atoms. The molecule has 2 heterocycles. The lowest BCUT2D eigenvalue weighted by Crippen LogP contribution is -2.38. The molecule has 3 heteroatoms. The zero-order valence-corrected chi connectivity index (χ0v) is 11.5. The maximum absolute atomic E-state index is 2.66. The first-order valence-corrected chi connectivity index (χ1v) is 6.73. The molecule has 82 valence electrons. The lowest BCUT2D eigenvalue weighted by molar-refractivity contribution is 0.157. The number of hydrogen-bond acceptors (Lipinski definition) is 2. The van der Waals surface area contributed by atoms with E-state index < -0.39 is 0 Å². The summed E-state index contributed by atoms with van der Waals surface area (Å²) in [7, 11) is 0. The van der Waals surface area contributed by atoms with Gasteiger partial charge in [0.25, 0.3) is 0 Å². The number of rotatable bonds is 1. The van der Waals surface area contributed by atoms with E-state index in [1.807, 2.05) is 0 Å². The summed E-state index contributed by atoms with van der Waals surface area (Å²) in [4.78, 5) is 2.66. The summed E-state index contributed by atoms with van der Waals surface area (Å²) in [5, 5.41) is 0. The lowest BCUT2D eigenvalue weighted by atomic mass is 9.78. The van der Waals surface area contributed by atoms with E-state index in [1.165, 1.54) is 45.4 Å². The molecule has 0 aromatic rings. The van der Waals surface area contributed by atoms with Crippen molar-refractivity contribution in [3.05, 3.63) is 0 Å². The van der Waals surface area contributed by atoms with Crippen molar-refractivity contribution in [2.24, 2.45) is 5.41 Å². The standard InChI is InChI=1S/C11H21IN2/c1-10(2)13-6-3-11(9-13)4-7-14(12)8-5-11/h10H,3-9H2,1-2H3. The van der Waals surface area contributed by atoms with E-state index in [2.05, 4.69) is 44.7 Å². The van der Waals surface area contributed by atoms with Gasteiger partial charge < -0.3 is 4.90 Å². The molecule has 0 aromatic carbocycles. The van der Waals surface area contributed by atoms with E-state index in [0.29, 0.717) is 5.41 Å². The van der Waals surface area contributed by atoms with Crippen LogP contribution in [0.2, 0.25) is 0 Å². The number of hydrogen-bond donors (Lipinski definition) is 0. The second kappa shape index (κ2) is 4.26. The summed E-state index contributed by atoms with van der Waals surface area (Å²) in [5.41, 5.74) is 0.686. The molecule has 0 amide bonds. The van der Waals surface area contributed by atoms with Gasteiger partial charge in [0.15, 0.2) is 0 Å². The molecule has 2 aliphatic heterocycles. The van der Waals surface area contributed by atoms with Gasteiger partial charge in [-0.25, -0.2) is 3.11 Å². The second-order valence-corrected chi connectivity index (χ2v) is 6.59. The van der Waals surface area contributed by atoms with Gasteiger partial charge in [-0.3, -0.25) is 0 Å². The predicted octanol–water partition coefficient (Wildman–Crippen LogP) is 2.53. The molecule has 0 saturated carbocycles. The molecule has 14 heavy (non-hydrogen) atoms. The zero-order chi connectivity index (χ0) is 10.2. The SMILES string of the molecule is CC(C)N1CCC2(CCN(I)CC2)C1. The normalized spacial score (nSPS) is 29.1. The van der Waals surface area contributed by atoms with Crippen molar-refractivity contribution in [1.82, 2.24) is 8.01 Å². The Labute approximate surface area is 102 Å². The first-order valence-electron chi connectivity index (χ1n) is 5.76. The third kappa shape index (κ3) is 2.25. The van der Waals surface area contributed by atoms with Crippen molar-refractivity contribution in [1.29, 1.82) is 0 Å². The fraction of sp³-hybridized carbons (Fsp3) is 1.00. The van der Waals surface area contributed by atoms with Crippen molar-refractivity contribution >= 4 is 22.9 Å². The Morgan fingerprint density at radius 2 is 1.64 bits per heavy atom. The van der Waals surface area contributed by atoms with Gasteiger partial charge >= 0.3 is 0 Å². The smallest absolute Gasteiger partial charge is 0.0201 e. The van der Waals surface area contributed by atoms with E-state index in [4.69, 9.17) is 0 Å². The molecule has 0 unspecified atom stereocenters. The third-order valence-corrected chi connectivity index (χ3v) is 4.93. The van der Waals surface area contributed by atoms with Crippen molar-refractivity contribution in [3.63, 3.8) is 0 Å². The number of piperidine rings is 1. The summed E-state index contributed by atoms with van der Waals surface area (Å²) in [6.07, 6.45) is 4.27. The summed E-state index contributed by atoms with van der Waals surface area (Å²) in [6.45, 7) is 9.94. The van der Waals surface area contributed by atoms with Crippen LogP contribution in [-0.4, -0.2) is 40.2 Å². The molecule has 2 rings (SSSR count). The Kier molecular flexibility index (Phi) is 3.39. The molecule has 2 fully saturated rings. The minimum atomic E-state index is 0.686. The topological polar surface area (TPSA) is 6.48 Å². The van der Waals surface area contributed by atoms with E-state index in [0.717, 1.165) is 6.04 Å². The highest BCUT2D eigenvalue weighted by molar-refractivity contribution is 14.1. The van der Waals surface area contributed by atoms with Crippen molar-refractivity contribution in [2.45, 2.75) is 39.2 Å². The van der Waals surface area contributed by atoms with Crippen LogP contribution in [0.4, 0.5) is 0 Å². The highest BCUT2D eigenvalue weighted by atomic mass is 127. The molecule has 2 nitrogen and oxygen atoms in total. The molecular formula is C11H21IN2. The molecular weight excluding hydrogens is 287 g/mol. The van der Waals surface area contributed by atoms with Gasteiger partial charge in [0, 0.05) is 48.5 Å². The van der Waals surface area contributed by atoms with Crippen LogP contribution in [0.1, 0.15) is 33.1 Å². The van der Waals surface area contributed by atoms with Crippen molar-refractivity contribution < 1.29 is 0 Å². The number of halogens is 1. The fourth-order valence-electron chi connectivity index (χ4n) is 2.77. The largest absolute Gasteiger partial charge is 0.300 e. The number of likely N-dealkylation sites (tertiary alicyclic amines) is 1. The molecule has 0 aromatic heterocycles. The molecule has 0 aliphatic carbocycles. The van der Waals surface area contributed by atoms with Crippen LogP contribution in [0.15, 0.2) is 0 Å². The molecule has 0 N–H and O–H groups in total. The van der Waals surface area contributed by atoms with Gasteiger partial charge in [-0.1, -0.05) is 0 Å². The number of nitrogens with zero attached hydrogens (tertiary/aromatic N) is 2. The van der Waals surface area contributed by atoms with Gasteiger partial charge in [0.05, 0.1) is 0 Å². The fourth-order valence-corrected chi connectivity index (χ4v) is 3.25. The van der Waals surface area contributed by atoms with Crippen LogP contribution >= 0.6 is 22.9 Å². The summed E-state index contributed by atoms with van der Waals surface area (Å²) in [5.74, 6) is 0. The van der Waals surface area contributed by atoms with E-state index in [-0.39, 0.29) is 0 Å². The highest BCUT2D eigenvalue weighted by Crippen LogP contribution is 2.41. The van der Waals surface area contributed by atoms with Crippen LogP contribution in [-0.2, 0) is 0 Å². The predicted molar refractivity (Wildman–Crippen MR) is 68.6 cm³/mol. The van der Waals surface area contributed by atoms with E-state index in [1.54, 1.807) is 0 Å². The van der Waals surface area contributed by atoms with Crippen molar-refractivity contribution in [2.75, 3.05) is 26.2 Å². The Balaban J connectivity index is 1.93. The Morgan fingerprint density at radius 3 is 2.14 bits per heavy atom. The average molecular weight is 308 g/mol. The van der Waals surface area contributed by atoms with Gasteiger partial charge in [-0.05, 0) is 45.1 Å². The van der Waals surface area contributed by atoms with E-state index >= 15 is 0 Å². The average Bonchev–Trinajstić information content (AvgIpc) is 2.56. The lowest BCUT2D eigenvalue weighted by Gasteiger charge is -2.37. The van der Waals surface area contributed by atoms with Crippen LogP contribution in [0.3, 0.4) is 0 Å². The Hall–Kier alpha value is 0.650. The molecule has 2 aliphatic rings. The Morgan fingerprint density at radius 1 is 1.07 bits per heavy atom. The highest BCUT2D eigenvalue weighted by Gasteiger charge is 2.40. The summed E-state index contributed by atoms with van der Waals surface area (Å²) < 4.78 is 2.45. The quantitative estimate of drug-likeness (QED) is 0.542. The Bertz CT molecular complexity index is 197. The molecule has 0 atom stereocenters. The third-order valence-electron chi connectivity index (χ3n) is 3.97. The minimum absolute atomic E-state index is 0.686. The van der Waals surface area contributed by atoms with Gasteiger partial charge in [0.1, 0.15) is 0 Å². The van der Waals surface area contributed by atoms with Gasteiger partial charge in [0.2, 0.25) is 0 Å². The maximum atomic E-state index is 2.66. The van der Waals surface area contributed by atoms with E-state index in [9.17, 15) is 0 Å². The summed E-state index contributed by atoms with van der Waals surface area (Å²) in [6, 6.07) is 0.743. The summed E-state index contributed by atoms with van der Waals surface area (Å²) >= 11 is 2.46. The second-order valence-electron chi connectivity index (χ2n) is 5.22. The maximum Gasteiger partial charge on any atom is 0.0201 e. The van der Waals surface area contributed by atoms with Crippen molar-refractivity contribution in [3.8, 4) is 0 Å². The van der Waals surface area contributed by atoms with Gasteiger partial charge in [-0.2, -0.15) is 0 Å². The monoisotopic (exact) mass is 308 g/mol. The van der Waals surface area contributed by atoms with Crippen LogP contribution in [0, 0.1) is 5.41 Å². The van der Waals surface area contributed by atoms with Crippen LogP contribution in [0.5, 0.6) is 0 Å². The minimum Gasteiger partial charge on any atom is -0.300 e. The molecule has 0 radical (unpaired) electrons. The van der Waals surface area contributed by atoms with Crippen LogP contribution < -0.4 is 0 Å². The van der Waals surface area contributed by atoms with Gasteiger partial charge in [-0.15, -0.1) is 0 Å².